The van der Waals surface area contributed by atoms with E-state index in [0.29, 0.717) is 0 Å². The molecule has 2 atom stereocenters. The first kappa shape index (κ1) is 17.0. The summed E-state index contributed by atoms with van der Waals surface area (Å²) in [7, 11) is 1.40. The van der Waals surface area contributed by atoms with E-state index < -0.39 is 0 Å². The molecular formula is C15H28N2O3. The van der Waals surface area contributed by atoms with Crippen molar-refractivity contribution >= 4 is 11.9 Å². The number of piperidine rings is 1. The van der Waals surface area contributed by atoms with Crippen LogP contribution in [0.15, 0.2) is 0 Å². The zero-order valence-electron chi connectivity index (χ0n) is 13.4. The van der Waals surface area contributed by atoms with Gasteiger partial charge in [0, 0.05) is 5.54 Å². The number of likely N-dealkylation sites (tertiary alicyclic amines) is 1. The highest BCUT2D eigenvalue weighted by molar-refractivity contribution is 5.83. The number of carbonyl (C=O) groups excluding carboxylic acids is 2. The van der Waals surface area contributed by atoms with Gasteiger partial charge in [0.05, 0.1) is 13.2 Å². The third kappa shape index (κ3) is 4.20. The third-order valence-corrected chi connectivity index (χ3v) is 4.24. The fourth-order valence-corrected chi connectivity index (χ4v) is 2.48. The number of amides is 1. The van der Waals surface area contributed by atoms with Gasteiger partial charge in [0.15, 0.2) is 0 Å². The molecule has 0 aromatic rings. The summed E-state index contributed by atoms with van der Waals surface area (Å²) >= 11 is 0. The lowest BCUT2D eigenvalue weighted by atomic mass is 9.98. The van der Waals surface area contributed by atoms with Gasteiger partial charge in [0.1, 0.15) is 6.04 Å². The molecule has 1 amide bonds. The first-order valence-corrected chi connectivity index (χ1v) is 7.48. The minimum absolute atomic E-state index is 0.0207. The normalized spacial score (nSPS) is 22.1. The number of rotatable bonds is 5. The van der Waals surface area contributed by atoms with E-state index in [1.807, 2.05) is 32.6 Å². The molecule has 1 fully saturated rings. The lowest BCUT2D eigenvalue weighted by molar-refractivity contribution is -0.150. The molecule has 0 spiro atoms. The van der Waals surface area contributed by atoms with E-state index in [0.717, 1.165) is 32.2 Å². The van der Waals surface area contributed by atoms with Gasteiger partial charge in [-0.15, -0.1) is 0 Å². The molecule has 2 unspecified atom stereocenters. The molecule has 116 valence electrons. The number of nitrogens with one attached hydrogen (secondary N) is 1. The standard InChI is InChI=1S/C15H28N2O3/c1-6-15(3,4)16-13(18)11(2)17-10-8-7-9-12(17)14(19)20-5/h11-12H,6-10H2,1-5H3,(H,16,18). The summed E-state index contributed by atoms with van der Waals surface area (Å²) in [5.74, 6) is -0.258. The van der Waals surface area contributed by atoms with Gasteiger partial charge in [-0.2, -0.15) is 0 Å². The van der Waals surface area contributed by atoms with E-state index in [1.165, 1.54) is 7.11 Å². The molecular weight excluding hydrogens is 256 g/mol. The van der Waals surface area contributed by atoms with Crippen molar-refractivity contribution in [2.75, 3.05) is 13.7 Å². The number of hydrogen-bond acceptors (Lipinski definition) is 4. The fourth-order valence-electron chi connectivity index (χ4n) is 2.48. The molecule has 0 bridgehead atoms. The Morgan fingerprint density at radius 1 is 1.40 bits per heavy atom. The van der Waals surface area contributed by atoms with Gasteiger partial charge in [0.2, 0.25) is 5.91 Å². The summed E-state index contributed by atoms with van der Waals surface area (Å²) in [5.41, 5.74) is -0.220. The topological polar surface area (TPSA) is 58.6 Å². The predicted molar refractivity (Wildman–Crippen MR) is 78.3 cm³/mol. The van der Waals surface area contributed by atoms with Crippen LogP contribution in [-0.2, 0) is 14.3 Å². The van der Waals surface area contributed by atoms with E-state index in [2.05, 4.69) is 5.32 Å². The number of hydrogen-bond donors (Lipinski definition) is 1. The van der Waals surface area contributed by atoms with Crippen LogP contribution in [-0.4, -0.2) is 48.1 Å². The summed E-state index contributed by atoms with van der Waals surface area (Å²) in [6, 6.07) is -0.607. The summed E-state index contributed by atoms with van der Waals surface area (Å²) in [4.78, 5) is 26.2. The van der Waals surface area contributed by atoms with Crippen molar-refractivity contribution in [3.63, 3.8) is 0 Å². The van der Waals surface area contributed by atoms with E-state index in [9.17, 15) is 9.59 Å². The molecule has 1 aliphatic rings. The molecule has 20 heavy (non-hydrogen) atoms. The van der Waals surface area contributed by atoms with Crippen LogP contribution in [0.4, 0.5) is 0 Å². The predicted octanol–water partition coefficient (Wildman–Crippen LogP) is 1.71. The van der Waals surface area contributed by atoms with Crippen LogP contribution >= 0.6 is 0 Å². The van der Waals surface area contributed by atoms with Crippen LogP contribution in [0.1, 0.15) is 53.4 Å². The molecule has 1 heterocycles. The number of methoxy groups -OCH3 is 1. The summed E-state index contributed by atoms with van der Waals surface area (Å²) in [5, 5.41) is 3.05. The van der Waals surface area contributed by atoms with Crippen LogP contribution in [0.2, 0.25) is 0 Å². The minimum Gasteiger partial charge on any atom is -0.468 e. The molecule has 0 aromatic carbocycles. The molecule has 0 saturated carbocycles. The molecule has 1 rings (SSSR count). The van der Waals surface area contributed by atoms with Gasteiger partial charge in [-0.1, -0.05) is 13.3 Å². The van der Waals surface area contributed by atoms with E-state index in [-0.39, 0.29) is 29.5 Å². The zero-order chi connectivity index (χ0) is 15.3. The first-order valence-electron chi connectivity index (χ1n) is 7.48. The van der Waals surface area contributed by atoms with Gasteiger partial charge < -0.3 is 10.1 Å². The minimum atomic E-state index is -0.315. The van der Waals surface area contributed by atoms with Crippen LogP contribution in [0, 0.1) is 0 Å². The Hall–Kier alpha value is -1.10. The Morgan fingerprint density at radius 2 is 2.05 bits per heavy atom. The Bertz CT molecular complexity index is 355. The average Bonchev–Trinajstić information content (AvgIpc) is 2.45. The molecule has 0 aromatic heterocycles. The molecule has 0 aliphatic carbocycles. The third-order valence-electron chi connectivity index (χ3n) is 4.24. The van der Waals surface area contributed by atoms with Crippen molar-refractivity contribution in [1.82, 2.24) is 10.2 Å². The Morgan fingerprint density at radius 3 is 2.60 bits per heavy atom. The lowest BCUT2D eigenvalue weighted by Gasteiger charge is -2.38. The van der Waals surface area contributed by atoms with Crippen molar-refractivity contribution in [3.8, 4) is 0 Å². The van der Waals surface area contributed by atoms with Gasteiger partial charge in [-0.25, -0.2) is 0 Å². The Kier molecular flexibility index (Phi) is 5.99. The van der Waals surface area contributed by atoms with E-state index in [1.54, 1.807) is 0 Å². The average molecular weight is 284 g/mol. The number of ether oxygens (including phenoxy) is 1. The quantitative estimate of drug-likeness (QED) is 0.781. The van der Waals surface area contributed by atoms with Crippen molar-refractivity contribution in [1.29, 1.82) is 0 Å². The van der Waals surface area contributed by atoms with Crippen molar-refractivity contribution in [2.45, 2.75) is 71.0 Å². The van der Waals surface area contributed by atoms with Crippen LogP contribution in [0.5, 0.6) is 0 Å². The van der Waals surface area contributed by atoms with Gasteiger partial charge >= 0.3 is 5.97 Å². The van der Waals surface area contributed by atoms with Crippen molar-refractivity contribution in [3.05, 3.63) is 0 Å². The van der Waals surface area contributed by atoms with Crippen molar-refractivity contribution < 1.29 is 14.3 Å². The van der Waals surface area contributed by atoms with Crippen LogP contribution in [0.25, 0.3) is 0 Å². The first-order chi connectivity index (χ1) is 9.32. The van der Waals surface area contributed by atoms with Crippen molar-refractivity contribution in [2.24, 2.45) is 0 Å². The molecule has 1 saturated heterocycles. The maximum atomic E-state index is 12.4. The summed E-state index contributed by atoms with van der Waals surface area (Å²) < 4.78 is 4.86. The van der Waals surface area contributed by atoms with E-state index in [4.69, 9.17) is 4.74 Å². The van der Waals surface area contributed by atoms with E-state index >= 15 is 0 Å². The second kappa shape index (κ2) is 7.07. The molecule has 5 heteroatoms. The van der Waals surface area contributed by atoms with Gasteiger partial charge in [-0.05, 0) is 46.6 Å². The summed E-state index contributed by atoms with van der Waals surface area (Å²) in [6.07, 6.45) is 3.65. The second-order valence-corrected chi connectivity index (χ2v) is 6.18. The SMILES string of the molecule is CCC(C)(C)NC(=O)C(C)N1CCCCC1C(=O)OC. The number of nitrogens with zero attached hydrogens (tertiary/aromatic N) is 1. The number of esters is 1. The maximum Gasteiger partial charge on any atom is 0.323 e. The smallest absolute Gasteiger partial charge is 0.323 e. The lowest BCUT2D eigenvalue weighted by Crippen LogP contribution is -2.57. The molecule has 0 radical (unpaired) electrons. The molecule has 1 aliphatic heterocycles. The number of carbonyl (C=O) groups is 2. The Labute approximate surface area is 122 Å². The largest absolute Gasteiger partial charge is 0.468 e. The molecule has 5 nitrogen and oxygen atoms in total. The second-order valence-electron chi connectivity index (χ2n) is 6.18. The highest BCUT2D eigenvalue weighted by atomic mass is 16.5. The Balaban J connectivity index is 2.74. The molecule has 1 N–H and O–H groups in total. The van der Waals surface area contributed by atoms with Gasteiger partial charge in [0.25, 0.3) is 0 Å². The van der Waals surface area contributed by atoms with Crippen LogP contribution in [0.3, 0.4) is 0 Å². The van der Waals surface area contributed by atoms with Gasteiger partial charge in [-0.3, -0.25) is 14.5 Å². The summed E-state index contributed by atoms with van der Waals surface area (Å²) in [6.45, 7) is 8.68. The zero-order valence-corrected chi connectivity index (χ0v) is 13.4. The fraction of sp³-hybridized carbons (Fsp3) is 0.867. The maximum absolute atomic E-state index is 12.4. The van der Waals surface area contributed by atoms with Crippen LogP contribution < -0.4 is 5.32 Å². The highest BCUT2D eigenvalue weighted by Gasteiger charge is 2.36. The highest BCUT2D eigenvalue weighted by Crippen LogP contribution is 2.21. The monoisotopic (exact) mass is 284 g/mol.